The van der Waals surface area contributed by atoms with Gasteiger partial charge in [-0.25, -0.2) is 0 Å². The predicted molar refractivity (Wildman–Crippen MR) is 77.5 cm³/mol. The van der Waals surface area contributed by atoms with E-state index in [9.17, 15) is 0 Å². The first kappa shape index (κ1) is 12.9. The zero-order valence-corrected chi connectivity index (χ0v) is 11.8. The molecule has 0 amide bonds. The molecule has 2 aliphatic rings. The first-order valence-electron chi connectivity index (χ1n) is 7.56. The van der Waals surface area contributed by atoms with Gasteiger partial charge in [0.05, 0.1) is 6.61 Å². The Hall–Kier alpha value is -1.06. The highest BCUT2D eigenvalue weighted by molar-refractivity contribution is 5.30. The summed E-state index contributed by atoms with van der Waals surface area (Å²) >= 11 is 0. The molecule has 1 aromatic carbocycles. The molecule has 0 aromatic heterocycles. The Labute approximate surface area is 115 Å². The van der Waals surface area contributed by atoms with E-state index >= 15 is 0 Å². The smallest absolute Gasteiger partial charge is 0.119 e. The minimum atomic E-state index is 0.623. The van der Waals surface area contributed by atoms with E-state index in [0.717, 1.165) is 31.4 Å². The lowest BCUT2D eigenvalue weighted by atomic mass is 9.99. The van der Waals surface area contributed by atoms with Gasteiger partial charge < -0.3 is 10.1 Å². The van der Waals surface area contributed by atoms with E-state index in [1.54, 1.807) is 0 Å². The minimum Gasteiger partial charge on any atom is -0.494 e. The third-order valence-electron chi connectivity index (χ3n) is 4.15. The van der Waals surface area contributed by atoms with E-state index in [1.807, 2.05) is 6.92 Å². The fourth-order valence-electron chi connectivity index (χ4n) is 3.08. The van der Waals surface area contributed by atoms with Crippen molar-refractivity contribution in [3.8, 4) is 5.75 Å². The molecule has 1 saturated heterocycles. The van der Waals surface area contributed by atoms with E-state index in [0.29, 0.717) is 6.04 Å². The molecule has 1 aromatic rings. The maximum Gasteiger partial charge on any atom is 0.119 e. The van der Waals surface area contributed by atoms with E-state index in [-0.39, 0.29) is 0 Å². The van der Waals surface area contributed by atoms with Crippen molar-refractivity contribution < 1.29 is 4.74 Å². The summed E-state index contributed by atoms with van der Waals surface area (Å²) in [6.45, 7) is 7.37. The van der Waals surface area contributed by atoms with Crippen molar-refractivity contribution in [2.75, 3.05) is 32.8 Å². The molecule has 0 spiro atoms. The molecule has 1 N–H and O–H groups in total. The molecule has 1 aliphatic heterocycles. The van der Waals surface area contributed by atoms with Crippen molar-refractivity contribution in [1.82, 2.24) is 10.2 Å². The molecule has 3 nitrogen and oxygen atoms in total. The van der Waals surface area contributed by atoms with Crippen LogP contribution in [-0.4, -0.2) is 37.7 Å². The third-order valence-corrected chi connectivity index (χ3v) is 4.15. The standard InChI is InChI=1S/C16H24N2O/c1-2-19-15-7-5-14(6-8-15)16(13-3-4-13)18-11-9-17-10-12-18/h5-8,13,16-17H,2-4,9-12H2,1H3. The van der Waals surface area contributed by atoms with Gasteiger partial charge in [-0.3, -0.25) is 4.90 Å². The van der Waals surface area contributed by atoms with Gasteiger partial charge in [-0.2, -0.15) is 0 Å². The van der Waals surface area contributed by atoms with Crippen LogP contribution in [0.2, 0.25) is 0 Å². The summed E-state index contributed by atoms with van der Waals surface area (Å²) in [7, 11) is 0. The molecular formula is C16H24N2O. The van der Waals surface area contributed by atoms with Crippen LogP contribution < -0.4 is 10.1 Å². The summed E-state index contributed by atoms with van der Waals surface area (Å²) in [5.74, 6) is 1.86. The summed E-state index contributed by atoms with van der Waals surface area (Å²) in [5.41, 5.74) is 1.47. The molecule has 3 heteroatoms. The fraction of sp³-hybridized carbons (Fsp3) is 0.625. The average Bonchev–Trinajstić information content (AvgIpc) is 3.27. The van der Waals surface area contributed by atoms with Crippen LogP contribution in [0.1, 0.15) is 31.4 Å². The first-order valence-corrected chi connectivity index (χ1v) is 7.56. The summed E-state index contributed by atoms with van der Waals surface area (Å²) in [6.07, 6.45) is 2.78. The van der Waals surface area contributed by atoms with Crippen molar-refractivity contribution in [3.63, 3.8) is 0 Å². The van der Waals surface area contributed by atoms with E-state index in [4.69, 9.17) is 4.74 Å². The molecule has 1 saturated carbocycles. The number of rotatable bonds is 5. The number of ether oxygens (including phenoxy) is 1. The maximum absolute atomic E-state index is 5.54. The highest BCUT2D eigenvalue weighted by Crippen LogP contribution is 2.44. The molecule has 0 radical (unpaired) electrons. The first-order chi connectivity index (χ1) is 9.38. The van der Waals surface area contributed by atoms with Gasteiger partial charge in [-0.15, -0.1) is 0 Å². The molecule has 0 bridgehead atoms. The van der Waals surface area contributed by atoms with E-state index in [2.05, 4.69) is 34.5 Å². The van der Waals surface area contributed by atoms with Crippen LogP contribution >= 0.6 is 0 Å². The molecule has 1 atom stereocenters. The molecule has 1 heterocycles. The molecule has 104 valence electrons. The van der Waals surface area contributed by atoms with Crippen LogP contribution in [0.5, 0.6) is 5.75 Å². The van der Waals surface area contributed by atoms with Crippen molar-refractivity contribution in [3.05, 3.63) is 29.8 Å². The van der Waals surface area contributed by atoms with Crippen LogP contribution in [0.15, 0.2) is 24.3 Å². The number of piperazine rings is 1. The van der Waals surface area contributed by atoms with E-state index in [1.165, 1.54) is 31.5 Å². The van der Waals surface area contributed by atoms with Crippen molar-refractivity contribution >= 4 is 0 Å². The predicted octanol–water partition coefficient (Wildman–Crippen LogP) is 2.44. The van der Waals surface area contributed by atoms with E-state index < -0.39 is 0 Å². The quantitative estimate of drug-likeness (QED) is 0.880. The Bertz CT molecular complexity index is 394. The van der Waals surface area contributed by atoms with Crippen molar-refractivity contribution in [2.24, 2.45) is 5.92 Å². The SMILES string of the molecule is CCOc1ccc(C(C2CC2)N2CCNCC2)cc1. The third kappa shape index (κ3) is 3.10. The minimum absolute atomic E-state index is 0.623. The highest BCUT2D eigenvalue weighted by Gasteiger charge is 2.36. The van der Waals surface area contributed by atoms with Gasteiger partial charge in [0.2, 0.25) is 0 Å². The lowest BCUT2D eigenvalue weighted by molar-refractivity contribution is 0.156. The van der Waals surface area contributed by atoms with Crippen LogP contribution in [-0.2, 0) is 0 Å². The van der Waals surface area contributed by atoms with Gasteiger partial charge in [0.1, 0.15) is 5.75 Å². The lowest BCUT2D eigenvalue weighted by Gasteiger charge is -2.35. The van der Waals surface area contributed by atoms with Gasteiger partial charge in [0, 0.05) is 32.2 Å². The Morgan fingerprint density at radius 3 is 2.47 bits per heavy atom. The summed E-state index contributed by atoms with van der Waals surface area (Å²) in [5, 5.41) is 3.44. The summed E-state index contributed by atoms with van der Waals surface area (Å²) in [4.78, 5) is 2.66. The van der Waals surface area contributed by atoms with Crippen molar-refractivity contribution in [1.29, 1.82) is 0 Å². The van der Waals surface area contributed by atoms with Gasteiger partial charge in [-0.05, 0) is 43.4 Å². The molecule has 19 heavy (non-hydrogen) atoms. The molecule has 3 rings (SSSR count). The average molecular weight is 260 g/mol. The van der Waals surface area contributed by atoms with Crippen LogP contribution in [0.3, 0.4) is 0 Å². The number of hydrogen-bond donors (Lipinski definition) is 1. The van der Waals surface area contributed by atoms with Crippen molar-refractivity contribution in [2.45, 2.75) is 25.8 Å². The monoisotopic (exact) mass is 260 g/mol. The Balaban J connectivity index is 1.75. The maximum atomic E-state index is 5.54. The Morgan fingerprint density at radius 1 is 1.21 bits per heavy atom. The molecule has 1 unspecified atom stereocenters. The van der Waals surface area contributed by atoms with Crippen LogP contribution in [0, 0.1) is 5.92 Å². The second-order valence-electron chi connectivity index (χ2n) is 5.57. The fourth-order valence-corrected chi connectivity index (χ4v) is 3.08. The number of hydrogen-bond acceptors (Lipinski definition) is 3. The Morgan fingerprint density at radius 2 is 1.89 bits per heavy atom. The summed E-state index contributed by atoms with van der Waals surface area (Å²) in [6, 6.07) is 9.39. The Kier molecular flexibility index (Phi) is 4.04. The topological polar surface area (TPSA) is 24.5 Å². The highest BCUT2D eigenvalue weighted by atomic mass is 16.5. The zero-order valence-electron chi connectivity index (χ0n) is 11.8. The number of benzene rings is 1. The second-order valence-corrected chi connectivity index (χ2v) is 5.57. The largest absolute Gasteiger partial charge is 0.494 e. The number of nitrogens with one attached hydrogen (secondary N) is 1. The molecular weight excluding hydrogens is 236 g/mol. The lowest BCUT2D eigenvalue weighted by Crippen LogP contribution is -2.45. The normalized spacial score (nSPS) is 22.2. The number of nitrogens with zero attached hydrogens (tertiary/aromatic N) is 1. The molecule has 1 aliphatic carbocycles. The van der Waals surface area contributed by atoms with Gasteiger partial charge in [0.15, 0.2) is 0 Å². The van der Waals surface area contributed by atoms with Gasteiger partial charge in [-0.1, -0.05) is 12.1 Å². The molecule has 2 fully saturated rings. The van der Waals surface area contributed by atoms with Gasteiger partial charge in [0.25, 0.3) is 0 Å². The zero-order chi connectivity index (χ0) is 13.1. The van der Waals surface area contributed by atoms with Crippen LogP contribution in [0.25, 0.3) is 0 Å². The second kappa shape index (κ2) is 5.93. The van der Waals surface area contributed by atoms with Gasteiger partial charge >= 0.3 is 0 Å². The summed E-state index contributed by atoms with van der Waals surface area (Å²) < 4.78 is 5.54. The van der Waals surface area contributed by atoms with Crippen LogP contribution in [0.4, 0.5) is 0 Å².